The Labute approximate surface area is 142 Å². The molecule has 1 amide bonds. The van der Waals surface area contributed by atoms with E-state index in [0.717, 1.165) is 4.57 Å². The summed E-state index contributed by atoms with van der Waals surface area (Å²) in [7, 11) is 0. The highest BCUT2D eigenvalue weighted by Gasteiger charge is 2.30. The second-order valence-corrected chi connectivity index (χ2v) is 6.26. The van der Waals surface area contributed by atoms with Gasteiger partial charge in [0.25, 0.3) is 11.5 Å². The zero-order valence-corrected chi connectivity index (χ0v) is 13.7. The smallest absolute Gasteiger partial charge is 0.328 e. The Morgan fingerprint density at radius 2 is 2.08 bits per heavy atom. The average Bonchev–Trinajstić information content (AvgIpc) is 3.03. The topological polar surface area (TPSA) is 121 Å². The largest absolute Gasteiger partial charge is 0.481 e. The third-order valence-corrected chi connectivity index (χ3v) is 4.68. The van der Waals surface area contributed by atoms with E-state index in [4.69, 9.17) is 5.11 Å². The number of H-pyrrole nitrogens is 1. The Hall–Kier alpha value is -2.90. The molecule has 2 atom stereocenters. The van der Waals surface area contributed by atoms with Crippen molar-refractivity contribution in [2.75, 3.05) is 0 Å². The number of nitrogens with one attached hydrogen (secondary N) is 2. The van der Waals surface area contributed by atoms with Crippen molar-refractivity contribution >= 4 is 22.8 Å². The molecule has 1 aliphatic carbocycles. The summed E-state index contributed by atoms with van der Waals surface area (Å²) in [6.45, 7) is 1.97. The zero-order valence-electron chi connectivity index (χ0n) is 13.7. The van der Waals surface area contributed by atoms with Crippen LogP contribution < -0.4 is 16.6 Å². The van der Waals surface area contributed by atoms with Crippen molar-refractivity contribution in [3.8, 4) is 0 Å². The summed E-state index contributed by atoms with van der Waals surface area (Å²) >= 11 is 0. The van der Waals surface area contributed by atoms with Crippen molar-refractivity contribution in [3.05, 3.63) is 44.6 Å². The molecule has 1 aliphatic rings. The van der Waals surface area contributed by atoms with Gasteiger partial charge >= 0.3 is 11.7 Å². The van der Waals surface area contributed by atoms with E-state index in [-0.39, 0.29) is 18.5 Å². The van der Waals surface area contributed by atoms with Gasteiger partial charge in [0.1, 0.15) is 0 Å². The Balaban J connectivity index is 1.84. The van der Waals surface area contributed by atoms with Crippen molar-refractivity contribution in [2.24, 2.45) is 5.92 Å². The molecule has 1 aromatic heterocycles. The highest BCUT2D eigenvalue weighted by Crippen LogP contribution is 2.26. The Morgan fingerprint density at radius 3 is 2.72 bits per heavy atom. The van der Waals surface area contributed by atoms with Gasteiger partial charge in [-0.05, 0) is 44.4 Å². The minimum atomic E-state index is -0.841. The molecule has 1 fully saturated rings. The van der Waals surface area contributed by atoms with Crippen molar-refractivity contribution in [1.82, 2.24) is 14.9 Å². The van der Waals surface area contributed by atoms with Crippen LogP contribution in [0, 0.1) is 5.92 Å². The summed E-state index contributed by atoms with van der Waals surface area (Å²) < 4.78 is 1.09. The summed E-state index contributed by atoms with van der Waals surface area (Å²) in [5.74, 6) is -1.61. The van der Waals surface area contributed by atoms with Gasteiger partial charge in [-0.1, -0.05) is 0 Å². The van der Waals surface area contributed by atoms with Gasteiger partial charge in [-0.3, -0.25) is 19.0 Å². The number of carbonyl (C=O) groups excluding carboxylic acids is 1. The van der Waals surface area contributed by atoms with Crippen LogP contribution >= 0.6 is 0 Å². The Bertz CT molecular complexity index is 959. The summed E-state index contributed by atoms with van der Waals surface area (Å²) in [6.07, 6.45) is 1.57. The molecule has 0 radical (unpaired) electrons. The molecular formula is C17H19N3O5. The molecule has 8 nitrogen and oxygen atoms in total. The van der Waals surface area contributed by atoms with Crippen LogP contribution in [-0.4, -0.2) is 32.6 Å². The van der Waals surface area contributed by atoms with E-state index in [9.17, 15) is 19.2 Å². The van der Waals surface area contributed by atoms with Gasteiger partial charge in [-0.2, -0.15) is 0 Å². The van der Waals surface area contributed by atoms with Crippen LogP contribution in [-0.2, 0) is 11.3 Å². The van der Waals surface area contributed by atoms with E-state index in [1.165, 1.54) is 18.2 Å². The van der Waals surface area contributed by atoms with E-state index in [0.29, 0.717) is 35.7 Å². The van der Waals surface area contributed by atoms with Crippen LogP contribution in [0.4, 0.5) is 0 Å². The first-order chi connectivity index (χ1) is 11.9. The summed E-state index contributed by atoms with van der Waals surface area (Å²) in [5.41, 5.74) is -0.288. The fourth-order valence-corrected chi connectivity index (χ4v) is 3.29. The maximum atomic E-state index is 12.4. The number of benzene rings is 1. The first-order valence-electron chi connectivity index (χ1n) is 8.21. The second-order valence-electron chi connectivity index (χ2n) is 6.26. The second kappa shape index (κ2) is 6.54. The van der Waals surface area contributed by atoms with Crippen LogP contribution in [0.3, 0.4) is 0 Å². The maximum Gasteiger partial charge on any atom is 0.328 e. The van der Waals surface area contributed by atoms with Gasteiger partial charge in [-0.25, -0.2) is 4.79 Å². The number of aliphatic carboxylic acids is 1. The molecule has 0 bridgehead atoms. The summed E-state index contributed by atoms with van der Waals surface area (Å²) in [6, 6.07) is 4.33. The third kappa shape index (κ3) is 3.19. The highest BCUT2D eigenvalue weighted by molar-refractivity contribution is 5.97. The van der Waals surface area contributed by atoms with Gasteiger partial charge in [0.15, 0.2) is 0 Å². The van der Waals surface area contributed by atoms with Crippen molar-refractivity contribution < 1.29 is 14.7 Å². The molecule has 25 heavy (non-hydrogen) atoms. The fraction of sp³-hybridized carbons (Fsp3) is 0.412. The summed E-state index contributed by atoms with van der Waals surface area (Å²) in [4.78, 5) is 50.1. The predicted molar refractivity (Wildman–Crippen MR) is 90.7 cm³/mol. The number of carbonyl (C=O) groups is 2. The van der Waals surface area contributed by atoms with Gasteiger partial charge in [0.05, 0.1) is 16.8 Å². The lowest BCUT2D eigenvalue weighted by Crippen LogP contribution is -2.35. The molecule has 3 rings (SSSR count). The number of aromatic amines is 1. The summed E-state index contributed by atoms with van der Waals surface area (Å²) in [5, 5.41) is 12.2. The number of rotatable bonds is 4. The number of hydrogen-bond acceptors (Lipinski definition) is 4. The van der Waals surface area contributed by atoms with Crippen LogP contribution in [0.2, 0.25) is 0 Å². The minimum absolute atomic E-state index is 0.184. The first kappa shape index (κ1) is 16.9. The van der Waals surface area contributed by atoms with Gasteiger partial charge in [0.2, 0.25) is 0 Å². The van der Waals surface area contributed by atoms with Crippen LogP contribution in [0.5, 0.6) is 0 Å². The van der Waals surface area contributed by atoms with Crippen LogP contribution in [0.1, 0.15) is 36.5 Å². The third-order valence-electron chi connectivity index (χ3n) is 4.68. The average molecular weight is 345 g/mol. The highest BCUT2D eigenvalue weighted by atomic mass is 16.4. The van der Waals surface area contributed by atoms with Crippen LogP contribution in [0.15, 0.2) is 27.8 Å². The number of aromatic nitrogens is 2. The van der Waals surface area contributed by atoms with Crippen LogP contribution in [0.25, 0.3) is 10.9 Å². The molecule has 1 heterocycles. The number of carboxylic acids is 1. The monoisotopic (exact) mass is 345 g/mol. The molecule has 2 aromatic rings. The van der Waals surface area contributed by atoms with E-state index in [1.54, 1.807) is 6.92 Å². The van der Waals surface area contributed by atoms with E-state index >= 15 is 0 Å². The minimum Gasteiger partial charge on any atom is -0.481 e. The van der Waals surface area contributed by atoms with E-state index in [2.05, 4.69) is 10.3 Å². The lowest BCUT2D eigenvalue weighted by atomic mass is 10.1. The number of nitrogens with zero attached hydrogens (tertiary/aromatic N) is 1. The molecule has 0 saturated heterocycles. The fourth-order valence-electron chi connectivity index (χ4n) is 3.29. The van der Waals surface area contributed by atoms with Crippen molar-refractivity contribution in [3.63, 3.8) is 0 Å². The molecule has 0 spiro atoms. The number of fused-ring (bicyclic) bond motifs is 1. The first-order valence-corrected chi connectivity index (χ1v) is 8.21. The van der Waals surface area contributed by atoms with Gasteiger partial charge < -0.3 is 15.4 Å². The van der Waals surface area contributed by atoms with Gasteiger partial charge in [0, 0.05) is 18.2 Å². The zero-order chi connectivity index (χ0) is 18.1. The quantitative estimate of drug-likeness (QED) is 0.753. The van der Waals surface area contributed by atoms with Gasteiger partial charge in [-0.15, -0.1) is 0 Å². The molecule has 1 saturated carbocycles. The number of carboxylic acid groups (broad SMARTS) is 1. The number of hydrogen-bond donors (Lipinski definition) is 3. The van der Waals surface area contributed by atoms with Crippen molar-refractivity contribution in [1.29, 1.82) is 0 Å². The Kier molecular flexibility index (Phi) is 4.43. The molecule has 8 heteroatoms. The molecular weight excluding hydrogens is 326 g/mol. The molecule has 132 valence electrons. The molecule has 0 aliphatic heterocycles. The standard InChI is InChI=1S/C17H19N3O5/c1-2-20-15(22)12-6-4-9(8-13(12)19-17(20)25)14(21)18-11-5-3-10(7-11)16(23)24/h4,6,8,10-11H,2-3,5,7H2,1H3,(H,18,21)(H,19,25)(H,23,24)/t10-,11+/m1/s1. The number of amides is 1. The molecule has 1 aromatic carbocycles. The van der Waals surface area contributed by atoms with E-state index in [1.807, 2.05) is 0 Å². The van der Waals surface area contributed by atoms with Crippen molar-refractivity contribution in [2.45, 2.75) is 38.8 Å². The SMILES string of the molecule is CCn1c(=O)[nH]c2cc(C(=O)N[C@H]3CC[C@@H](C(=O)O)C3)ccc2c1=O. The lowest BCUT2D eigenvalue weighted by Gasteiger charge is -2.13. The molecule has 0 unspecified atom stereocenters. The molecule has 3 N–H and O–H groups in total. The maximum absolute atomic E-state index is 12.4. The Morgan fingerprint density at radius 1 is 1.32 bits per heavy atom. The normalized spacial score (nSPS) is 19.9. The van der Waals surface area contributed by atoms with E-state index < -0.39 is 23.1 Å². The lowest BCUT2D eigenvalue weighted by molar-refractivity contribution is -0.141. The predicted octanol–water partition coefficient (Wildman–Crippen LogP) is 0.693.